The Balaban J connectivity index is 1.97. The Bertz CT molecular complexity index is 550. The van der Waals surface area contributed by atoms with Crippen molar-refractivity contribution in [3.05, 3.63) is 38.9 Å². The molecule has 1 unspecified atom stereocenters. The minimum atomic E-state index is -0.568. The maximum Gasteiger partial charge on any atom is 0.287 e. The molecule has 0 radical (unpaired) electrons. The molecule has 0 aromatic heterocycles. The van der Waals surface area contributed by atoms with Gasteiger partial charge < -0.3 is 5.32 Å². The zero-order valence-corrected chi connectivity index (χ0v) is 12.6. The summed E-state index contributed by atoms with van der Waals surface area (Å²) in [5.74, 6) is -0.255. The van der Waals surface area contributed by atoms with E-state index in [0.717, 1.165) is 25.9 Å². The fraction of sp³-hybridized carbons (Fsp3) is 0.500. The van der Waals surface area contributed by atoms with E-state index in [2.05, 4.69) is 17.1 Å². The Kier molecular flexibility index (Phi) is 5.14. The third kappa shape index (κ3) is 3.71. The summed E-state index contributed by atoms with van der Waals surface area (Å²) in [4.78, 5) is 24.5. The van der Waals surface area contributed by atoms with Crippen LogP contribution in [0.25, 0.3) is 0 Å². The van der Waals surface area contributed by atoms with Crippen LogP contribution >= 0.6 is 11.6 Å². The first kappa shape index (κ1) is 15.7. The number of nitro benzene ring substituents is 1. The summed E-state index contributed by atoms with van der Waals surface area (Å²) < 4.78 is 0. The molecular weight excluding hydrogens is 294 g/mol. The van der Waals surface area contributed by atoms with Crippen molar-refractivity contribution in [3.63, 3.8) is 0 Å². The molecule has 21 heavy (non-hydrogen) atoms. The highest BCUT2D eigenvalue weighted by atomic mass is 35.5. The van der Waals surface area contributed by atoms with Gasteiger partial charge in [-0.2, -0.15) is 0 Å². The molecule has 1 heterocycles. The third-order valence-corrected chi connectivity index (χ3v) is 4.11. The fourth-order valence-electron chi connectivity index (χ4n) is 2.65. The van der Waals surface area contributed by atoms with E-state index < -0.39 is 4.92 Å². The monoisotopic (exact) mass is 311 g/mol. The maximum atomic E-state index is 12.1. The molecule has 0 saturated carbocycles. The number of likely N-dealkylation sites (tertiary alicyclic amines) is 1. The lowest BCUT2D eigenvalue weighted by atomic mass is 10.1. The lowest BCUT2D eigenvalue weighted by Gasteiger charge is -2.22. The van der Waals surface area contributed by atoms with Crippen molar-refractivity contribution in [1.82, 2.24) is 10.2 Å². The zero-order valence-electron chi connectivity index (χ0n) is 11.8. The number of nitrogens with one attached hydrogen (secondary N) is 1. The minimum absolute atomic E-state index is 0.0244. The van der Waals surface area contributed by atoms with E-state index in [9.17, 15) is 14.9 Å². The molecule has 1 fully saturated rings. The molecule has 1 aromatic rings. The summed E-state index contributed by atoms with van der Waals surface area (Å²) >= 11 is 5.81. The van der Waals surface area contributed by atoms with Crippen molar-refractivity contribution < 1.29 is 9.72 Å². The summed E-state index contributed by atoms with van der Waals surface area (Å²) in [5, 5.41) is 13.5. The van der Waals surface area contributed by atoms with E-state index in [0.29, 0.717) is 18.2 Å². The van der Waals surface area contributed by atoms with E-state index in [1.165, 1.54) is 18.2 Å². The average molecular weight is 312 g/mol. The van der Waals surface area contributed by atoms with E-state index in [-0.39, 0.29) is 16.6 Å². The molecule has 1 aromatic carbocycles. The highest BCUT2D eigenvalue weighted by Crippen LogP contribution is 2.25. The molecule has 7 heteroatoms. The van der Waals surface area contributed by atoms with Crippen LogP contribution in [-0.4, -0.2) is 41.4 Å². The van der Waals surface area contributed by atoms with Crippen molar-refractivity contribution in [2.75, 3.05) is 19.6 Å². The van der Waals surface area contributed by atoms with Crippen LogP contribution in [-0.2, 0) is 0 Å². The van der Waals surface area contributed by atoms with Crippen LogP contribution in [0.2, 0.25) is 5.02 Å². The van der Waals surface area contributed by atoms with Crippen molar-refractivity contribution in [2.24, 2.45) is 0 Å². The predicted molar refractivity (Wildman–Crippen MR) is 80.7 cm³/mol. The smallest absolute Gasteiger partial charge is 0.287 e. The number of rotatable bonds is 5. The molecule has 114 valence electrons. The van der Waals surface area contributed by atoms with Crippen LogP contribution in [0.3, 0.4) is 0 Å². The standard InChI is InChI=1S/C14H18ClN3O3/c1-2-17-7-3-4-11(17)9-16-14(19)10-5-6-13(18(20)21)12(15)8-10/h5-6,8,11H,2-4,7,9H2,1H3,(H,16,19). The predicted octanol–water partition coefficient (Wildman–Crippen LogP) is 2.46. The van der Waals surface area contributed by atoms with Gasteiger partial charge in [-0.25, -0.2) is 0 Å². The maximum absolute atomic E-state index is 12.1. The lowest BCUT2D eigenvalue weighted by Crippen LogP contribution is -2.40. The second-order valence-corrected chi connectivity index (χ2v) is 5.47. The van der Waals surface area contributed by atoms with Gasteiger partial charge in [-0.05, 0) is 38.1 Å². The number of benzene rings is 1. The Hall–Kier alpha value is -1.66. The summed E-state index contributed by atoms with van der Waals surface area (Å²) in [6, 6.07) is 4.38. The largest absolute Gasteiger partial charge is 0.350 e. The number of carbonyl (C=O) groups is 1. The van der Waals surface area contributed by atoms with Crippen molar-refractivity contribution >= 4 is 23.2 Å². The number of likely N-dealkylation sites (N-methyl/N-ethyl adjacent to an activating group) is 1. The molecule has 0 bridgehead atoms. The van der Waals surface area contributed by atoms with Gasteiger partial charge in [0.15, 0.2) is 0 Å². The Labute approximate surface area is 128 Å². The summed E-state index contributed by atoms with van der Waals surface area (Å²) in [6.45, 7) is 4.74. The summed E-state index contributed by atoms with van der Waals surface area (Å²) in [6.07, 6.45) is 2.23. The summed E-state index contributed by atoms with van der Waals surface area (Å²) in [7, 11) is 0. The van der Waals surface area contributed by atoms with E-state index in [4.69, 9.17) is 11.6 Å². The van der Waals surface area contributed by atoms with Gasteiger partial charge in [0.2, 0.25) is 0 Å². The van der Waals surface area contributed by atoms with Gasteiger partial charge in [0, 0.05) is 24.2 Å². The van der Waals surface area contributed by atoms with Crippen LogP contribution in [0.1, 0.15) is 30.1 Å². The Morgan fingerprint density at radius 2 is 2.33 bits per heavy atom. The van der Waals surface area contributed by atoms with E-state index in [1.807, 2.05) is 0 Å². The van der Waals surface area contributed by atoms with Gasteiger partial charge in [0.25, 0.3) is 11.6 Å². The minimum Gasteiger partial charge on any atom is -0.350 e. The second-order valence-electron chi connectivity index (χ2n) is 5.06. The number of hydrogen-bond donors (Lipinski definition) is 1. The van der Waals surface area contributed by atoms with Crippen LogP contribution in [0.4, 0.5) is 5.69 Å². The molecule has 0 aliphatic carbocycles. The number of nitro groups is 1. The van der Waals surface area contributed by atoms with Gasteiger partial charge in [-0.1, -0.05) is 18.5 Å². The normalized spacial score (nSPS) is 18.7. The first-order valence-corrected chi connectivity index (χ1v) is 7.37. The third-order valence-electron chi connectivity index (χ3n) is 3.81. The van der Waals surface area contributed by atoms with Crippen molar-refractivity contribution in [1.29, 1.82) is 0 Å². The number of nitrogens with zero attached hydrogens (tertiary/aromatic N) is 2. The van der Waals surface area contributed by atoms with Gasteiger partial charge in [-0.3, -0.25) is 19.8 Å². The zero-order chi connectivity index (χ0) is 15.4. The number of hydrogen-bond acceptors (Lipinski definition) is 4. The number of amides is 1. The average Bonchev–Trinajstić information content (AvgIpc) is 2.91. The molecule has 1 N–H and O–H groups in total. The Morgan fingerprint density at radius 3 is 2.95 bits per heavy atom. The second kappa shape index (κ2) is 6.87. The quantitative estimate of drug-likeness (QED) is 0.669. The summed E-state index contributed by atoms with van der Waals surface area (Å²) in [5.41, 5.74) is 0.146. The number of halogens is 1. The van der Waals surface area contributed by atoms with Gasteiger partial charge in [-0.15, -0.1) is 0 Å². The SMILES string of the molecule is CCN1CCCC1CNC(=O)c1ccc([N+](=O)[O-])c(Cl)c1. The Morgan fingerprint density at radius 1 is 1.57 bits per heavy atom. The topological polar surface area (TPSA) is 75.5 Å². The van der Waals surface area contributed by atoms with Crippen LogP contribution in [0.15, 0.2) is 18.2 Å². The fourth-order valence-corrected chi connectivity index (χ4v) is 2.90. The molecule has 6 nitrogen and oxygen atoms in total. The highest BCUT2D eigenvalue weighted by molar-refractivity contribution is 6.33. The first-order chi connectivity index (χ1) is 10.0. The molecule has 2 rings (SSSR count). The lowest BCUT2D eigenvalue weighted by molar-refractivity contribution is -0.384. The van der Waals surface area contributed by atoms with Crippen molar-refractivity contribution in [2.45, 2.75) is 25.8 Å². The molecule has 1 saturated heterocycles. The van der Waals surface area contributed by atoms with Gasteiger partial charge in [0.1, 0.15) is 5.02 Å². The van der Waals surface area contributed by atoms with Crippen LogP contribution < -0.4 is 5.32 Å². The molecular formula is C14H18ClN3O3. The molecule has 1 atom stereocenters. The van der Waals surface area contributed by atoms with E-state index >= 15 is 0 Å². The highest BCUT2D eigenvalue weighted by Gasteiger charge is 2.23. The van der Waals surface area contributed by atoms with Crippen molar-refractivity contribution in [3.8, 4) is 0 Å². The van der Waals surface area contributed by atoms with Crippen LogP contribution in [0, 0.1) is 10.1 Å². The van der Waals surface area contributed by atoms with E-state index in [1.54, 1.807) is 0 Å². The van der Waals surface area contributed by atoms with Crippen LogP contribution in [0.5, 0.6) is 0 Å². The molecule has 1 aliphatic heterocycles. The molecule has 0 spiro atoms. The van der Waals surface area contributed by atoms with Gasteiger partial charge in [0.05, 0.1) is 4.92 Å². The van der Waals surface area contributed by atoms with Gasteiger partial charge >= 0.3 is 0 Å². The molecule has 1 aliphatic rings. The first-order valence-electron chi connectivity index (χ1n) is 6.99. The number of carbonyl (C=O) groups excluding carboxylic acids is 1. The molecule has 1 amide bonds.